The number of aryl methyl sites for hydroxylation is 1. The molecule has 5 heteroatoms. The van der Waals surface area contributed by atoms with Gasteiger partial charge >= 0.3 is 0 Å². The first kappa shape index (κ1) is 12.3. The first-order chi connectivity index (χ1) is 7.61. The molecule has 1 heterocycles. The molecule has 1 aromatic heterocycles. The number of fused-ring (bicyclic) bond motifs is 1. The number of benzene rings is 1. The van der Waals surface area contributed by atoms with E-state index in [1.54, 1.807) is 0 Å². The summed E-state index contributed by atoms with van der Waals surface area (Å²) in [4.78, 5) is 8.92. The molecule has 0 saturated carbocycles. The van der Waals surface area contributed by atoms with Crippen LogP contribution >= 0.6 is 43.5 Å². The van der Waals surface area contributed by atoms with E-state index in [-0.39, 0.29) is 0 Å². The molecule has 1 aromatic carbocycles. The second-order valence-electron chi connectivity index (χ2n) is 3.46. The van der Waals surface area contributed by atoms with Gasteiger partial charge in [0.25, 0.3) is 0 Å². The Labute approximate surface area is 116 Å². The van der Waals surface area contributed by atoms with E-state index in [4.69, 9.17) is 11.6 Å². The fourth-order valence-electron chi connectivity index (χ4n) is 1.50. The highest BCUT2D eigenvalue weighted by atomic mass is 79.9. The molecule has 0 aliphatic heterocycles. The van der Waals surface area contributed by atoms with Crippen LogP contribution in [-0.2, 0) is 6.42 Å². The van der Waals surface area contributed by atoms with Gasteiger partial charge in [-0.25, -0.2) is 9.97 Å². The van der Waals surface area contributed by atoms with Crippen LogP contribution in [0, 0.1) is 0 Å². The maximum atomic E-state index is 5.99. The van der Waals surface area contributed by atoms with Gasteiger partial charge in [-0.05, 0) is 50.4 Å². The average molecular weight is 364 g/mol. The summed E-state index contributed by atoms with van der Waals surface area (Å²) >= 11 is 12.9. The summed E-state index contributed by atoms with van der Waals surface area (Å²) in [5, 5.41) is 1.60. The topological polar surface area (TPSA) is 25.8 Å². The van der Waals surface area contributed by atoms with E-state index >= 15 is 0 Å². The second-order valence-corrected chi connectivity index (χ2v) is 5.51. The molecule has 0 aliphatic rings. The predicted octanol–water partition coefficient (Wildman–Crippen LogP) is 4.76. The fourth-order valence-corrected chi connectivity index (χ4v) is 2.91. The van der Waals surface area contributed by atoms with Crippen LogP contribution < -0.4 is 0 Å². The number of rotatable bonds is 2. The molecule has 16 heavy (non-hydrogen) atoms. The normalized spacial score (nSPS) is 11.0. The van der Waals surface area contributed by atoms with Crippen molar-refractivity contribution in [3.8, 4) is 0 Å². The zero-order valence-corrected chi connectivity index (χ0v) is 12.5. The van der Waals surface area contributed by atoms with Crippen LogP contribution in [0.5, 0.6) is 0 Å². The van der Waals surface area contributed by atoms with Crippen LogP contribution in [-0.4, -0.2) is 9.97 Å². The van der Waals surface area contributed by atoms with Crippen molar-refractivity contribution >= 4 is 54.4 Å². The van der Waals surface area contributed by atoms with Crippen molar-refractivity contribution in [2.75, 3.05) is 0 Å². The molecule has 0 bridgehead atoms. The molecule has 0 spiro atoms. The molecule has 0 N–H and O–H groups in total. The Morgan fingerprint density at radius 2 is 2.00 bits per heavy atom. The molecule has 0 radical (unpaired) electrons. The van der Waals surface area contributed by atoms with Crippen LogP contribution in [0.4, 0.5) is 0 Å². The highest BCUT2D eigenvalue weighted by Gasteiger charge is 2.09. The van der Waals surface area contributed by atoms with Gasteiger partial charge in [0.15, 0.2) is 0 Å². The van der Waals surface area contributed by atoms with Gasteiger partial charge in [-0.2, -0.15) is 0 Å². The molecular formula is C11H9Br2ClN2. The minimum absolute atomic E-state index is 0.673. The number of aromatic nitrogens is 2. The Kier molecular flexibility index (Phi) is 3.82. The van der Waals surface area contributed by atoms with E-state index in [1.165, 1.54) is 0 Å². The lowest BCUT2D eigenvalue weighted by atomic mass is 10.2. The summed E-state index contributed by atoms with van der Waals surface area (Å²) in [7, 11) is 0. The predicted molar refractivity (Wildman–Crippen MR) is 73.9 cm³/mol. The minimum atomic E-state index is 0.673. The van der Waals surface area contributed by atoms with Crippen molar-refractivity contribution in [3.05, 3.63) is 32.1 Å². The third kappa shape index (κ3) is 2.39. The van der Waals surface area contributed by atoms with Crippen molar-refractivity contribution in [1.29, 1.82) is 0 Å². The van der Waals surface area contributed by atoms with Gasteiger partial charge in [0.05, 0.1) is 5.52 Å². The molecule has 0 atom stereocenters. The van der Waals surface area contributed by atoms with E-state index in [1.807, 2.05) is 12.1 Å². The van der Waals surface area contributed by atoms with Crippen molar-refractivity contribution in [2.24, 2.45) is 0 Å². The summed E-state index contributed by atoms with van der Waals surface area (Å²) in [6, 6.07) is 3.71. The molecule has 84 valence electrons. The van der Waals surface area contributed by atoms with Crippen molar-refractivity contribution in [3.63, 3.8) is 0 Å². The Hall–Kier alpha value is -0.190. The quantitative estimate of drug-likeness (QED) is 0.718. The monoisotopic (exact) mass is 362 g/mol. The Morgan fingerprint density at radius 3 is 2.69 bits per heavy atom. The van der Waals surface area contributed by atoms with Gasteiger partial charge in [-0.3, -0.25) is 0 Å². The smallest absolute Gasteiger partial charge is 0.130 e. The van der Waals surface area contributed by atoms with Gasteiger partial charge in [-0.15, -0.1) is 0 Å². The van der Waals surface area contributed by atoms with E-state index in [0.717, 1.165) is 38.6 Å². The minimum Gasteiger partial charge on any atom is -0.232 e. The molecule has 0 fully saturated rings. The fraction of sp³-hybridized carbons (Fsp3) is 0.273. The maximum Gasteiger partial charge on any atom is 0.130 e. The van der Waals surface area contributed by atoms with Gasteiger partial charge in [0.2, 0.25) is 0 Å². The van der Waals surface area contributed by atoms with E-state index in [2.05, 4.69) is 48.8 Å². The number of hydrogen-bond donors (Lipinski definition) is 0. The summed E-state index contributed by atoms with van der Waals surface area (Å²) in [5.74, 6) is 0.852. The highest BCUT2D eigenvalue weighted by Crippen LogP contribution is 2.30. The van der Waals surface area contributed by atoms with Crippen molar-refractivity contribution in [2.45, 2.75) is 19.8 Å². The number of hydrogen-bond acceptors (Lipinski definition) is 2. The van der Waals surface area contributed by atoms with Gasteiger partial charge in [0.1, 0.15) is 10.4 Å². The Morgan fingerprint density at radius 1 is 1.25 bits per heavy atom. The lowest BCUT2D eigenvalue weighted by Crippen LogP contribution is -1.96. The Bertz CT molecular complexity index is 543. The summed E-state index contributed by atoms with van der Waals surface area (Å²) in [6.45, 7) is 2.11. The van der Waals surface area contributed by atoms with Crippen LogP contribution in [0.15, 0.2) is 21.2 Å². The first-order valence-corrected chi connectivity index (χ1v) is 6.89. The van der Waals surface area contributed by atoms with E-state index < -0.39 is 0 Å². The molecule has 0 aliphatic carbocycles. The molecule has 0 saturated heterocycles. The maximum absolute atomic E-state index is 5.99. The van der Waals surface area contributed by atoms with Gasteiger partial charge < -0.3 is 0 Å². The highest BCUT2D eigenvalue weighted by molar-refractivity contribution is 9.11. The Balaban J connectivity index is 2.71. The molecule has 0 amide bonds. The average Bonchev–Trinajstić information content (AvgIpc) is 2.20. The van der Waals surface area contributed by atoms with Crippen LogP contribution in [0.2, 0.25) is 5.02 Å². The van der Waals surface area contributed by atoms with E-state index in [9.17, 15) is 0 Å². The largest absolute Gasteiger partial charge is 0.232 e. The van der Waals surface area contributed by atoms with Crippen LogP contribution in [0.3, 0.4) is 0 Å². The van der Waals surface area contributed by atoms with Crippen molar-refractivity contribution in [1.82, 2.24) is 9.97 Å². The standard InChI is InChI=1S/C11H9Br2ClN2/c1-2-3-9-15-10-7(11(13)16-9)4-6(14)5-8(10)12/h4-5H,2-3H2,1H3. The lowest BCUT2D eigenvalue weighted by molar-refractivity contribution is 0.839. The first-order valence-electron chi connectivity index (χ1n) is 4.93. The molecule has 2 aromatic rings. The lowest BCUT2D eigenvalue weighted by Gasteiger charge is -2.06. The second kappa shape index (κ2) is 4.98. The van der Waals surface area contributed by atoms with Crippen LogP contribution in [0.25, 0.3) is 10.9 Å². The number of nitrogens with zero attached hydrogens (tertiary/aromatic N) is 2. The SMILES string of the molecule is CCCc1nc(Br)c2cc(Cl)cc(Br)c2n1. The third-order valence-electron chi connectivity index (χ3n) is 2.19. The summed E-state index contributed by atoms with van der Waals surface area (Å²) < 4.78 is 1.69. The van der Waals surface area contributed by atoms with E-state index in [0.29, 0.717) is 5.02 Å². The zero-order valence-electron chi connectivity index (χ0n) is 8.60. The third-order valence-corrected chi connectivity index (χ3v) is 3.62. The molecule has 0 unspecified atom stereocenters. The van der Waals surface area contributed by atoms with Crippen LogP contribution in [0.1, 0.15) is 19.2 Å². The van der Waals surface area contributed by atoms with Crippen molar-refractivity contribution < 1.29 is 0 Å². The van der Waals surface area contributed by atoms with Gasteiger partial charge in [-0.1, -0.05) is 18.5 Å². The molecule has 2 nitrogen and oxygen atoms in total. The van der Waals surface area contributed by atoms with Gasteiger partial charge in [0, 0.05) is 21.3 Å². The molecule has 2 rings (SSSR count). The number of halogens is 3. The summed E-state index contributed by atoms with van der Waals surface area (Å²) in [6.07, 6.45) is 1.91. The zero-order chi connectivity index (χ0) is 11.7. The summed E-state index contributed by atoms with van der Waals surface area (Å²) in [5.41, 5.74) is 0.898. The molecular weight excluding hydrogens is 355 g/mol.